The van der Waals surface area contributed by atoms with Crippen molar-refractivity contribution >= 4 is 39.7 Å². The topological polar surface area (TPSA) is 77.0 Å². The smallest absolute Gasteiger partial charge is 0.319 e. The molecule has 6 nitrogen and oxygen atoms in total. The van der Waals surface area contributed by atoms with Crippen molar-refractivity contribution in [3.05, 3.63) is 47.3 Å². The Hall–Kier alpha value is -2.54. The van der Waals surface area contributed by atoms with Crippen molar-refractivity contribution in [2.45, 2.75) is 37.2 Å². The van der Waals surface area contributed by atoms with Gasteiger partial charge in [0.25, 0.3) is 5.56 Å². The lowest BCUT2D eigenvalue weighted by atomic mass is 10.2. The average molecular weight is 371 g/mol. The molecule has 0 bridgehead atoms. The standard InChI is InChI=1S/C19H21N3O3S/c1-4-11-22-17(23)16-15(12-9-7-8-10-13(12)20-16)21-19(22)26-14(5-2)18(24)25-6-3/h4,7-10,14,20H,1,5-6,11H2,2-3H3/t14-/m1/s1. The van der Waals surface area contributed by atoms with Gasteiger partial charge in [0.15, 0.2) is 5.16 Å². The van der Waals surface area contributed by atoms with Crippen molar-refractivity contribution in [2.75, 3.05) is 6.61 Å². The van der Waals surface area contributed by atoms with Gasteiger partial charge in [-0.2, -0.15) is 0 Å². The van der Waals surface area contributed by atoms with Crippen LogP contribution in [0, 0.1) is 0 Å². The molecule has 2 aromatic heterocycles. The molecule has 0 fully saturated rings. The number of aromatic amines is 1. The van der Waals surface area contributed by atoms with E-state index in [4.69, 9.17) is 9.72 Å². The van der Waals surface area contributed by atoms with Gasteiger partial charge in [-0.05, 0) is 19.4 Å². The molecule has 3 aromatic rings. The summed E-state index contributed by atoms with van der Waals surface area (Å²) >= 11 is 1.26. The van der Waals surface area contributed by atoms with E-state index in [2.05, 4.69) is 11.6 Å². The van der Waals surface area contributed by atoms with Crippen LogP contribution in [-0.2, 0) is 16.1 Å². The molecule has 0 saturated heterocycles. The molecule has 0 aliphatic rings. The summed E-state index contributed by atoms with van der Waals surface area (Å²) in [5, 5.41) is 0.962. The van der Waals surface area contributed by atoms with Crippen LogP contribution in [0.4, 0.5) is 0 Å². The Kier molecular flexibility index (Phi) is 5.46. The Labute approximate surface area is 155 Å². The molecule has 0 unspecified atom stereocenters. The quantitative estimate of drug-likeness (QED) is 0.298. The number of fused-ring (bicyclic) bond motifs is 3. The third-order valence-electron chi connectivity index (χ3n) is 4.06. The maximum Gasteiger partial charge on any atom is 0.319 e. The highest BCUT2D eigenvalue weighted by molar-refractivity contribution is 8.00. The number of allylic oxidation sites excluding steroid dienone is 1. The lowest BCUT2D eigenvalue weighted by Gasteiger charge is -2.15. The Morgan fingerprint density at radius 3 is 2.88 bits per heavy atom. The van der Waals surface area contributed by atoms with Crippen LogP contribution in [0.3, 0.4) is 0 Å². The molecule has 2 heterocycles. The second-order valence-electron chi connectivity index (χ2n) is 5.76. The Balaban J connectivity index is 2.17. The molecule has 3 rings (SSSR count). The summed E-state index contributed by atoms with van der Waals surface area (Å²) in [6.45, 7) is 8.06. The van der Waals surface area contributed by atoms with Crippen molar-refractivity contribution in [2.24, 2.45) is 0 Å². The number of carbonyl (C=O) groups is 1. The molecule has 0 saturated carbocycles. The number of hydrogen-bond acceptors (Lipinski definition) is 5. The number of thioether (sulfide) groups is 1. The summed E-state index contributed by atoms with van der Waals surface area (Å²) in [6, 6.07) is 7.65. The Bertz CT molecular complexity index is 1020. The molecule has 1 atom stereocenters. The van der Waals surface area contributed by atoms with Crippen molar-refractivity contribution in [1.82, 2.24) is 14.5 Å². The molecular weight excluding hydrogens is 350 g/mol. The fraction of sp³-hybridized carbons (Fsp3) is 0.316. The number of esters is 1. The number of ether oxygens (including phenoxy) is 1. The number of H-pyrrole nitrogens is 1. The van der Waals surface area contributed by atoms with Crippen LogP contribution in [0.1, 0.15) is 20.3 Å². The minimum absolute atomic E-state index is 0.174. The highest BCUT2D eigenvalue weighted by atomic mass is 32.2. The average Bonchev–Trinajstić information content (AvgIpc) is 3.01. The molecule has 0 aliphatic heterocycles. The van der Waals surface area contributed by atoms with Crippen LogP contribution in [-0.4, -0.2) is 32.4 Å². The molecule has 0 spiro atoms. The lowest BCUT2D eigenvalue weighted by Crippen LogP contribution is -2.26. The summed E-state index contributed by atoms with van der Waals surface area (Å²) in [5.41, 5.74) is 1.76. The zero-order valence-electron chi connectivity index (χ0n) is 14.8. The molecule has 1 aromatic carbocycles. The van der Waals surface area contributed by atoms with Gasteiger partial charge >= 0.3 is 5.97 Å². The first-order chi connectivity index (χ1) is 12.6. The molecular formula is C19H21N3O3S. The highest BCUT2D eigenvalue weighted by Crippen LogP contribution is 2.28. The van der Waals surface area contributed by atoms with Gasteiger partial charge in [0.1, 0.15) is 16.3 Å². The summed E-state index contributed by atoms with van der Waals surface area (Å²) in [4.78, 5) is 33.0. The van der Waals surface area contributed by atoms with Crippen LogP contribution in [0.5, 0.6) is 0 Å². The van der Waals surface area contributed by atoms with E-state index in [1.165, 1.54) is 16.3 Å². The molecule has 7 heteroatoms. The highest BCUT2D eigenvalue weighted by Gasteiger charge is 2.23. The lowest BCUT2D eigenvalue weighted by molar-refractivity contribution is -0.142. The minimum atomic E-state index is -0.416. The second kappa shape index (κ2) is 7.78. The predicted molar refractivity (Wildman–Crippen MR) is 105 cm³/mol. The van der Waals surface area contributed by atoms with Gasteiger partial charge in [-0.15, -0.1) is 6.58 Å². The Morgan fingerprint density at radius 1 is 1.42 bits per heavy atom. The fourth-order valence-corrected chi connectivity index (χ4v) is 3.83. The zero-order valence-corrected chi connectivity index (χ0v) is 15.6. The van der Waals surface area contributed by atoms with E-state index in [9.17, 15) is 9.59 Å². The Morgan fingerprint density at radius 2 is 2.19 bits per heavy atom. The number of rotatable bonds is 7. The van der Waals surface area contributed by atoms with E-state index >= 15 is 0 Å². The molecule has 1 N–H and O–H groups in total. The molecule has 0 radical (unpaired) electrons. The number of nitrogens with zero attached hydrogens (tertiary/aromatic N) is 2. The van der Waals surface area contributed by atoms with Gasteiger partial charge < -0.3 is 9.72 Å². The van der Waals surface area contributed by atoms with Crippen molar-refractivity contribution in [3.8, 4) is 0 Å². The number of hydrogen-bond donors (Lipinski definition) is 1. The van der Waals surface area contributed by atoms with Gasteiger partial charge in [-0.25, -0.2) is 4.98 Å². The van der Waals surface area contributed by atoms with Crippen LogP contribution in [0.2, 0.25) is 0 Å². The summed E-state index contributed by atoms with van der Waals surface area (Å²) < 4.78 is 6.68. The van der Waals surface area contributed by atoms with Crippen LogP contribution < -0.4 is 5.56 Å². The molecule has 0 amide bonds. The van der Waals surface area contributed by atoms with Crippen LogP contribution in [0.15, 0.2) is 46.9 Å². The second-order valence-corrected chi connectivity index (χ2v) is 6.93. The van der Waals surface area contributed by atoms with Gasteiger partial charge in [0.2, 0.25) is 0 Å². The van der Waals surface area contributed by atoms with Crippen LogP contribution in [0.25, 0.3) is 21.9 Å². The van der Waals surface area contributed by atoms with E-state index in [0.29, 0.717) is 35.8 Å². The summed E-state index contributed by atoms with van der Waals surface area (Å²) in [7, 11) is 0. The van der Waals surface area contributed by atoms with Crippen molar-refractivity contribution in [1.29, 1.82) is 0 Å². The predicted octanol–water partition coefficient (Wildman–Crippen LogP) is 3.50. The molecule has 26 heavy (non-hydrogen) atoms. The number of benzene rings is 1. The number of nitrogens with one attached hydrogen (secondary N) is 1. The maximum atomic E-state index is 13.0. The van der Waals surface area contributed by atoms with E-state index in [1.807, 2.05) is 31.2 Å². The zero-order chi connectivity index (χ0) is 18.7. The SMILES string of the molecule is C=CCn1c(S[C@H](CC)C(=O)OCC)nc2c([nH]c3ccccc32)c1=O. The minimum Gasteiger partial charge on any atom is -0.465 e. The monoisotopic (exact) mass is 371 g/mol. The summed E-state index contributed by atoms with van der Waals surface area (Å²) in [5.74, 6) is -0.293. The van der Waals surface area contributed by atoms with E-state index in [0.717, 1.165) is 10.9 Å². The van der Waals surface area contributed by atoms with Gasteiger partial charge in [-0.1, -0.05) is 43.0 Å². The normalized spacial score (nSPS) is 12.4. The van der Waals surface area contributed by atoms with E-state index in [1.54, 1.807) is 13.0 Å². The first kappa shape index (κ1) is 18.3. The molecule has 0 aliphatic carbocycles. The van der Waals surface area contributed by atoms with E-state index in [-0.39, 0.29) is 11.5 Å². The number of aromatic nitrogens is 3. The number of carbonyl (C=O) groups excluding carboxylic acids is 1. The summed E-state index contributed by atoms with van der Waals surface area (Å²) in [6.07, 6.45) is 2.23. The van der Waals surface area contributed by atoms with Crippen molar-refractivity contribution < 1.29 is 9.53 Å². The molecule has 136 valence electrons. The van der Waals surface area contributed by atoms with Crippen molar-refractivity contribution in [3.63, 3.8) is 0 Å². The first-order valence-electron chi connectivity index (χ1n) is 8.56. The maximum absolute atomic E-state index is 13.0. The third kappa shape index (κ3) is 3.26. The van der Waals surface area contributed by atoms with Gasteiger partial charge in [-0.3, -0.25) is 14.2 Å². The van der Waals surface area contributed by atoms with E-state index < -0.39 is 5.25 Å². The van der Waals surface area contributed by atoms with Crippen LogP contribution >= 0.6 is 11.8 Å². The van der Waals surface area contributed by atoms with Gasteiger partial charge in [0, 0.05) is 17.4 Å². The fourth-order valence-electron chi connectivity index (χ4n) is 2.82. The first-order valence-corrected chi connectivity index (χ1v) is 9.44. The number of para-hydroxylation sites is 1. The largest absolute Gasteiger partial charge is 0.465 e. The van der Waals surface area contributed by atoms with Gasteiger partial charge in [0.05, 0.1) is 6.61 Å². The third-order valence-corrected chi connectivity index (χ3v) is 5.39.